The van der Waals surface area contributed by atoms with Crippen LogP contribution in [0.15, 0.2) is 23.0 Å². The molecule has 1 fully saturated rings. The van der Waals surface area contributed by atoms with Gasteiger partial charge in [0.15, 0.2) is 16.3 Å². The van der Waals surface area contributed by atoms with Crippen molar-refractivity contribution >= 4 is 12.2 Å². The lowest BCUT2D eigenvalue weighted by atomic mass is 9.97. The van der Waals surface area contributed by atoms with Gasteiger partial charge >= 0.3 is 0 Å². The van der Waals surface area contributed by atoms with Crippen LogP contribution in [0.2, 0.25) is 0 Å². The second-order valence-corrected chi connectivity index (χ2v) is 6.31. The number of ether oxygens (including phenoxy) is 2. The summed E-state index contributed by atoms with van der Waals surface area (Å²) in [5.74, 6) is 0.891. The van der Waals surface area contributed by atoms with Gasteiger partial charge in [0, 0.05) is 5.56 Å². The van der Waals surface area contributed by atoms with E-state index in [0.29, 0.717) is 11.5 Å². The molecule has 3 rings (SSSR count). The molecule has 0 aliphatic carbocycles. The number of benzene rings is 1. The van der Waals surface area contributed by atoms with E-state index in [-0.39, 0.29) is 16.2 Å². The van der Waals surface area contributed by atoms with Crippen molar-refractivity contribution in [2.24, 2.45) is 0 Å². The van der Waals surface area contributed by atoms with E-state index in [2.05, 4.69) is 14.9 Å². The molecule has 0 unspecified atom stereocenters. The van der Waals surface area contributed by atoms with Crippen LogP contribution in [0, 0.1) is 4.77 Å². The fraction of sp³-hybridized carbons (Fsp3) is 0.412. The minimum Gasteiger partial charge on any atom is -0.494 e. The number of aromatic nitrogens is 2. The molecule has 8 heteroatoms. The molecule has 0 bridgehead atoms. The van der Waals surface area contributed by atoms with Crippen LogP contribution in [0.25, 0.3) is 0 Å². The SMILES string of the molecule is COc1cccc([C@H](c2c(O)[nH]c(=S)[nH]c2=O)N2CCCC2)c1OC. The van der Waals surface area contributed by atoms with Gasteiger partial charge in [-0.15, -0.1) is 0 Å². The molecule has 3 N–H and O–H groups in total. The van der Waals surface area contributed by atoms with Gasteiger partial charge in [-0.3, -0.25) is 14.7 Å². The summed E-state index contributed by atoms with van der Waals surface area (Å²) < 4.78 is 11.0. The third-order valence-electron chi connectivity index (χ3n) is 4.47. The Kier molecular flexibility index (Phi) is 5.10. The Balaban J connectivity index is 2.25. The zero-order valence-corrected chi connectivity index (χ0v) is 15.0. The van der Waals surface area contributed by atoms with Crippen LogP contribution in [-0.4, -0.2) is 47.3 Å². The van der Waals surface area contributed by atoms with Crippen molar-refractivity contribution in [3.05, 3.63) is 44.5 Å². The summed E-state index contributed by atoms with van der Waals surface area (Å²) in [6, 6.07) is 5.05. The van der Waals surface area contributed by atoms with Crippen LogP contribution in [-0.2, 0) is 0 Å². The molecule has 7 nitrogen and oxygen atoms in total. The maximum atomic E-state index is 12.6. The molecular weight excluding hydrogens is 342 g/mol. The zero-order valence-electron chi connectivity index (χ0n) is 14.2. The number of likely N-dealkylation sites (tertiary alicyclic amines) is 1. The van der Waals surface area contributed by atoms with Gasteiger partial charge in [0.25, 0.3) is 5.56 Å². The monoisotopic (exact) mass is 363 g/mol. The van der Waals surface area contributed by atoms with Crippen LogP contribution in [0.5, 0.6) is 17.4 Å². The lowest BCUT2D eigenvalue weighted by Crippen LogP contribution is -2.32. The van der Waals surface area contributed by atoms with Crippen LogP contribution < -0.4 is 15.0 Å². The summed E-state index contributed by atoms with van der Waals surface area (Å²) in [5.41, 5.74) is 0.570. The first kappa shape index (κ1) is 17.5. The maximum absolute atomic E-state index is 12.6. The zero-order chi connectivity index (χ0) is 18.0. The molecule has 2 aromatic rings. The highest BCUT2D eigenvalue weighted by molar-refractivity contribution is 7.71. The Bertz CT molecular complexity index is 871. The van der Waals surface area contributed by atoms with E-state index in [4.69, 9.17) is 21.7 Å². The number of para-hydroxylation sites is 1. The Morgan fingerprint density at radius 3 is 2.52 bits per heavy atom. The van der Waals surface area contributed by atoms with E-state index in [1.807, 2.05) is 12.1 Å². The highest BCUT2D eigenvalue weighted by Crippen LogP contribution is 2.41. The standard InChI is InChI=1S/C17H21N3O4S/c1-23-11-7-5-6-10(14(11)24-2)13(20-8-3-4-9-20)12-15(21)18-17(25)19-16(12)22/h5-7,13H,3-4,8-9H2,1-2H3,(H3,18,19,21,22,25)/t13-/m1/s1. The summed E-state index contributed by atoms with van der Waals surface area (Å²) in [5, 5.41) is 10.4. The highest BCUT2D eigenvalue weighted by atomic mass is 32.1. The van der Waals surface area contributed by atoms with Crippen molar-refractivity contribution in [3.63, 3.8) is 0 Å². The molecule has 0 amide bonds. The first-order chi connectivity index (χ1) is 12.1. The van der Waals surface area contributed by atoms with Crippen LogP contribution in [0.3, 0.4) is 0 Å². The van der Waals surface area contributed by atoms with Crippen molar-refractivity contribution in [1.82, 2.24) is 14.9 Å². The highest BCUT2D eigenvalue weighted by Gasteiger charge is 2.33. The van der Waals surface area contributed by atoms with Gasteiger partial charge in [-0.2, -0.15) is 0 Å². The molecule has 1 aromatic carbocycles. The molecule has 1 aliphatic rings. The molecule has 25 heavy (non-hydrogen) atoms. The maximum Gasteiger partial charge on any atom is 0.260 e. The van der Waals surface area contributed by atoms with E-state index in [1.165, 1.54) is 0 Å². The minimum absolute atomic E-state index is 0.0871. The number of hydrogen-bond donors (Lipinski definition) is 3. The van der Waals surface area contributed by atoms with Crippen molar-refractivity contribution in [1.29, 1.82) is 0 Å². The Hall–Kier alpha value is -2.32. The van der Waals surface area contributed by atoms with Gasteiger partial charge in [-0.25, -0.2) is 0 Å². The molecule has 1 aliphatic heterocycles. The molecule has 1 atom stereocenters. The fourth-order valence-electron chi connectivity index (χ4n) is 3.40. The number of H-pyrrole nitrogens is 2. The van der Waals surface area contributed by atoms with Crippen molar-refractivity contribution in [2.45, 2.75) is 18.9 Å². The molecular formula is C17H21N3O4S. The smallest absolute Gasteiger partial charge is 0.260 e. The second-order valence-electron chi connectivity index (χ2n) is 5.90. The summed E-state index contributed by atoms with van der Waals surface area (Å²) in [4.78, 5) is 19.9. The average Bonchev–Trinajstić information content (AvgIpc) is 3.11. The third-order valence-corrected chi connectivity index (χ3v) is 4.67. The van der Waals surface area contributed by atoms with Gasteiger partial charge in [-0.1, -0.05) is 12.1 Å². The molecule has 0 radical (unpaired) electrons. The number of aromatic hydroxyl groups is 1. The van der Waals surface area contributed by atoms with Crippen molar-refractivity contribution < 1.29 is 14.6 Å². The number of hydrogen-bond acceptors (Lipinski definition) is 6. The van der Waals surface area contributed by atoms with E-state index < -0.39 is 11.6 Å². The molecule has 2 heterocycles. The number of methoxy groups -OCH3 is 2. The van der Waals surface area contributed by atoms with E-state index in [9.17, 15) is 9.90 Å². The number of rotatable bonds is 5. The fourth-order valence-corrected chi connectivity index (χ4v) is 3.59. The first-order valence-corrected chi connectivity index (χ1v) is 8.48. The van der Waals surface area contributed by atoms with E-state index in [0.717, 1.165) is 31.5 Å². The third kappa shape index (κ3) is 3.27. The summed E-state index contributed by atoms with van der Waals surface area (Å²) in [7, 11) is 3.13. The second kappa shape index (κ2) is 7.28. The average molecular weight is 363 g/mol. The first-order valence-electron chi connectivity index (χ1n) is 8.07. The van der Waals surface area contributed by atoms with E-state index in [1.54, 1.807) is 20.3 Å². The summed E-state index contributed by atoms with van der Waals surface area (Å²) in [6.45, 7) is 1.64. The lowest BCUT2D eigenvalue weighted by molar-refractivity contribution is 0.261. The molecule has 1 saturated heterocycles. The Morgan fingerprint density at radius 2 is 1.92 bits per heavy atom. The minimum atomic E-state index is -0.469. The lowest BCUT2D eigenvalue weighted by Gasteiger charge is -2.29. The largest absolute Gasteiger partial charge is 0.494 e. The summed E-state index contributed by atoms with van der Waals surface area (Å²) in [6.07, 6.45) is 2.06. The number of nitrogens with zero attached hydrogens (tertiary/aromatic N) is 1. The topological polar surface area (TPSA) is 90.6 Å². The van der Waals surface area contributed by atoms with Crippen LogP contribution in [0.1, 0.15) is 30.0 Å². The normalized spacial score (nSPS) is 15.9. The van der Waals surface area contributed by atoms with E-state index >= 15 is 0 Å². The van der Waals surface area contributed by atoms with Gasteiger partial charge < -0.3 is 19.6 Å². The van der Waals surface area contributed by atoms with Gasteiger partial charge in [0.2, 0.25) is 5.88 Å². The van der Waals surface area contributed by atoms with Gasteiger partial charge in [-0.05, 0) is 44.2 Å². The van der Waals surface area contributed by atoms with Gasteiger partial charge in [0.05, 0.1) is 25.8 Å². The summed E-state index contributed by atoms with van der Waals surface area (Å²) >= 11 is 4.94. The Labute approximate surface area is 150 Å². The van der Waals surface area contributed by atoms with Crippen molar-refractivity contribution in [2.75, 3.05) is 27.3 Å². The van der Waals surface area contributed by atoms with Gasteiger partial charge in [0.1, 0.15) is 0 Å². The molecule has 0 saturated carbocycles. The number of aromatic amines is 2. The van der Waals surface area contributed by atoms with Crippen molar-refractivity contribution in [3.8, 4) is 17.4 Å². The predicted molar refractivity (Wildman–Crippen MR) is 96.1 cm³/mol. The molecule has 134 valence electrons. The quantitative estimate of drug-likeness (QED) is 0.707. The molecule has 0 spiro atoms. The Morgan fingerprint density at radius 1 is 1.20 bits per heavy atom. The van der Waals surface area contributed by atoms with Crippen LogP contribution in [0.4, 0.5) is 0 Å². The number of nitrogens with one attached hydrogen (secondary N) is 2. The molecule has 1 aromatic heterocycles. The van der Waals surface area contributed by atoms with Crippen LogP contribution >= 0.6 is 12.2 Å². The predicted octanol–water partition coefficient (Wildman–Crippen LogP) is 2.34.